The van der Waals surface area contributed by atoms with Gasteiger partial charge in [-0.1, -0.05) is 5.16 Å². The maximum Gasteiger partial charge on any atom is 0.335 e. The lowest BCUT2D eigenvalue weighted by Gasteiger charge is -2.07. The van der Waals surface area contributed by atoms with Crippen LogP contribution in [0.1, 0.15) is 21.6 Å². The van der Waals surface area contributed by atoms with Gasteiger partial charge in [-0.05, 0) is 32.0 Å². The highest BCUT2D eigenvalue weighted by molar-refractivity contribution is 7.92. The molecule has 0 radical (unpaired) electrons. The minimum atomic E-state index is -4.33. The molecule has 0 aliphatic rings. The Morgan fingerprint density at radius 1 is 1.38 bits per heavy atom. The van der Waals surface area contributed by atoms with Crippen LogP contribution < -0.4 is 4.72 Å². The molecule has 1 aromatic heterocycles. The molecule has 112 valence electrons. The van der Waals surface area contributed by atoms with Crippen LogP contribution >= 0.6 is 0 Å². The van der Waals surface area contributed by atoms with Crippen molar-refractivity contribution in [2.75, 3.05) is 4.72 Å². The van der Waals surface area contributed by atoms with Crippen LogP contribution in [0.3, 0.4) is 0 Å². The zero-order valence-electron chi connectivity index (χ0n) is 11.0. The summed E-state index contributed by atoms with van der Waals surface area (Å²) in [5, 5.41) is 12.4. The van der Waals surface area contributed by atoms with Gasteiger partial charge >= 0.3 is 5.97 Å². The molecule has 0 fully saturated rings. The lowest BCUT2D eigenvalue weighted by molar-refractivity contribution is 0.0696. The standard InChI is InChI=1S/C12H11FN2O5S/c1-6-7(2)14-20-11(6)15-21(18,19)10-5-8(12(16)17)3-4-9(10)13/h3-5,15H,1-2H3,(H,16,17). The minimum absolute atomic E-state index is 0.146. The van der Waals surface area contributed by atoms with Gasteiger partial charge in [0.05, 0.1) is 11.3 Å². The summed E-state index contributed by atoms with van der Waals surface area (Å²) in [6.45, 7) is 3.19. The van der Waals surface area contributed by atoms with Crippen molar-refractivity contribution in [2.24, 2.45) is 0 Å². The van der Waals surface area contributed by atoms with Crippen molar-refractivity contribution in [1.82, 2.24) is 5.16 Å². The van der Waals surface area contributed by atoms with E-state index in [1.807, 2.05) is 4.72 Å². The highest BCUT2D eigenvalue weighted by Gasteiger charge is 2.24. The molecule has 2 rings (SSSR count). The molecule has 0 bridgehead atoms. The van der Waals surface area contributed by atoms with Crippen molar-refractivity contribution in [1.29, 1.82) is 0 Å². The number of nitrogens with zero attached hydrogens (tertiary/aromatic N) is 1. The van der Waals surface area contributed by atoms with Crippen molar-refractivity contribution in [3.63, 3.8) is 0 Å². The average molecular weight is 314 g/mol. The molecule has 0 amide bonds. The Labute approximate surface area is 119 Å². The van der Waals surface area contributed by atoms with E-state index in [0.717, 1.165) is 18.2 Å². The molecule has 0 aliphatic carbocycles. The fourth-order valence-electron chi connectivity index (χ4n) is 1.53. The topological polar surface area (TPSA) is 110 Å². The number of carbonyl (C=O) groups is 1. The van der Waals surface area contributed by atoms with E-state index >= 15 is 0 Å². The Morgan fingerprint density at radius 2 is 2.05 bits per heavy atom. The first-order valence-corrected chi connectivity index (χ1v) is 7.19. The van der Waals surface area contributed by atoms with Gasteiger partial charge in [-0.3, -0.25) is 0 Å². The third kappa shape index (κ3) is 2.87. The molecular formula is C12H11FN2O5S. The molecule has 9 heteroatoms. The van der Waals surface area contributed by atoms with E-state index in [1.54, 1.807) is 13.8 Å². The van der Waals surface area contributed by atoms with Crippen molar-refractivity contribution in [3.05, 3.63) is 40.8 Å². The van der Waals surface area contributed by atoms with Gasteiger partial charge < -0.3 is 9.63 Å². The van der Waals surface area contributed by atoms with Crippen molar-refractivity contribution < 1.29 is 27.2 Å². The number of halogens is 1. The normalized spacial score (nSPS) is 11.4. The van der Waals surface area contributed by atoms with E-state index in [1.165, 1.54) is 0 Å². The molecule has 0 spiro atoms. The van der Waals surface area contributed by atoms with Gasteiger partial charge in [-0.25, -0.2) is 22.3 Å². The number of hydrogen-bond donors (Lipinski definition) is 2. The summed E-state index contributed by atoms with van der Waals surface area (Å²) in [5.41, 5.74) is 0.586. The maximum absolute atomic E-state index is 13.7. The van der Waals surface area contributed by atoms with Crippen molar-refractivity contribution >= 4 is 21.9 Å². The highest BCUT2D eigenvalue weighted by Crippen LogP contribution is 2.23. The van der Waals surface area contributed by atoms with Gasteiger partial charge in [-0.2, -0.15) is 0 Å². The Bertz CT molecular complexity index is 813. The summed E-state index contributed by atoms with van der Waals surface area (Å²) < 4.78 is 44.8. The van der Waals surface area contributed by atoms with Crippen LogP contribution in [-0.4, -0.2) is 24.7 Å². The second-order valence-corrected chi connectivity index (χ2v) is 5.93. The predicted molar refractivity (Wildman–Crippen MR) is 70.1 cm³/mol. The fraction of sp³-hybridized carbons (Fsp3) is 0.167. The highest BCUT2D eigenvalue weighted by atomic mass is 32.2. The maximum atomic E-state index is 13.7. The number of aromatic nitrogens is 1. The number of aromatic carboxylic acids is 1. The second kappa shape index (κ2) is 5.17. The number of carboxylic acid groups (broad SMARTS) is 1. The van der Waals surface area contributed by atoms with Crippen LogP contribution in [-0.2, 0) is 10.0 Å². The van der Waals surface area contributed by atoms with Gasteiger partial charge in [0.25, 0.3) is 10.0 Å². The summed E-state index contributed by atoms with van der Waals surface area (Å²) in [6.07, 6.45) is 0. The van der Waals surface area contributed by atoms with E-state index in [0.29, 0.717) is 11.3 Å². The van der Waals surface area contributed by atoms with E-state index < -0.39 is 26.7 Å². The number of anilines is 1. The van der Waals surface area contributed by atoms with Crippen LogP contribution in [0.25, 0.3) is 0 Å². The molecule has 7 nitrogen and oxygen atoms in total. The van der Waals surface area contributed by atoms with Crippen LogP contribution in [0, 0.1) is 19.7 Å². The van der Waals surface area contributed by atoms with Gasteiger partial charge in [0.15, 0.2) is 0 Å². The Balaban J connectivity index is 2.47. The zero-order chi connectivity index (χ0) is 15.8. The Hall–Kier alpha value is -2.42. The van der Waals surface area contributed by atoms with Crippen molar-refractivity contribution in [3.8, 4) is 0 Å². The monoisotopic (exact) mass is 314 g/mol. The van der Waals surface area contributed by atoms with E-state index in [4.69, 9.17) is 9.63 Å². The summed E-state index contributed by atoms with van der Waals surface area (Å²) in [5.74, 6) is -2.58. The third-order valence-corrected chi connectivity index (χ3v) is 4.20. The first-order chi connectivity index (χ1) is 9.72. The smallest absolute Gasteiger partial charge is 0.335 e. The van der Waals surface area contributed by atoms with E-state index in [2.05, 4.69) is 5.16 Å². The van der Waals surface area contributed by atoms with Gasteiger partial charge in [-0.15, -0.1) is 0 Å². The summed E-state index contributed by atoms with van der Waals surface area (Å²) in [7, 11) is -4.33. The van der Waals surface area contributed by atoms with Gasteiger partial charge in [0.2, 0.25) is 5.88 Å². The molecular weight excluding hydrogens is 303 g/mol. The number of hydrogen-bond acceptors (Lipinski definition) is 5. The fourth-order valence-corrected chi connectivity index (χ4v) is 2.68. The van der Waals surface area contributed by atoms with Gasteiger partial charge in [0.1, 0.15) is 10.7 Å². The number of sulfonamides is 1. The van der Waals surface area contributed by atoms with Crippen LogP contribution in [0.5, 0.6) is 0 Å². The van der Waals surface area contributed by atoms with Gasteiger partial charge in [0, 0.05) is 5.56 Å². The number of carboxylic acids is 1. The Kier molecular flexibility index (Phi) is 3.69. The Morgan fingerprint density at radius 3 is 2.57 bits per heavy atom. The lowest BCUT2D eigenvalue weighted by atomic mass is 10.2. The number of benzene rings is 1. The molecule has 21 heavy (non-hydrogen) atoms. The van der Waals surface area contributed by atoms with Crippen LogP contribution in [0.4, 0.5) is 10.3 Å². The lowest BCUT2D eigenvalue weighted by Crippen LogP contribution is -2.15. The third-order valence-electron chi connectivity index (χ3n) is 2.85. The first-order valence-electron chi connectivity index (χ1n) is 5.71. The average Bonchev–Trinajstić information content (AvgIpc) is 2.70. The molecule has 2 aromatic rings. The molecule has 1 heterocycles. The van der Waals surface area contributed by atoms with Crippen molar-refractivity contribution in [2.45, 2.75) is 18.7 Å². The van der Waals surface area contributed by atoms with E-state index in [9.17, 15) is 17.6 Å². The quantitative estimate of drug-likeness (QED) is 0.892. The number of nitrogens with one attached hydrogen (secondary N) is 1. The summed E-state index contributed by atoms with van der Waals surface area (Å²) in [4.78, 5) is 10.1. The van der Waals surface area contributed by atoms with E-state index in [-0.39, 0.29) is 11.4 Å². The number of aryl methyl sites for hydroxylation is 1. The summed E-state index contributed by atoms with van der Waals surface area (Å²) >= 11 is 0. The SMILES string of the molecule is Cc1noc(NS(=O)(=O)c2cc(C(=O)O)ccc2F)c1C. The molecule has 0 unspecified atom stereocenters. The second-order valence-electron chi connectivity index (χ2n) is 4.28. The predicted octanol–water partition coefficient (Wildman–Crippen LogP) is 1.93. The first kappa shape index (κ1) is 15.0. The molecule has 0 saturated heterocycles. The van der Waals surface area contributed by atoms with Crippen LogP contribution in [0.2, 0.25) is 0 Å². The largest absolute Gasteiger partial charge is 0.478 e. The van der Waals surface area contributed by atoms with Crippen LogP contribution in [0.15, 0.2) is 27.6 Å². The molecule has 0 saturated carbocycles. The molecule has 0 aliphatic heterocycles. The molecule has 1 aromatic carbocycles. The minimum Gasteiger partial charge on any atom is -0.478 e. The summed E-state index contributed by atoms with van der Waals surface area (Å²) in [6, 6.07) is 2.48. The number of rotatable bonds is 4. The molecule has 0 atom stereocenters. The molecule has 2 N–H and O–H groups in total. The zero-order valence-corrected chi connectivity index (χ0v) is 11.9.